The van der Waals surface area contributed by atoms with Crippen molar-refractivity contribution in [1.29, 1.82) is 0 Å². The largest absolute Gasteiger partial charge is 0.365 e. The molecule has 0 aliphatic carbocycles. The Balaban J connectivity index is 1.55. The Bertz CT molecular complexity index is 883. The van der Waals surface area contributed by atoms with Crippen molar-refractivity contribution in [2.24, 2.45) is 11.8 Å². The summed E-state index contributed by atoms with van der Waals surface area (Å²) in [6.45, 7) is 8.83. The summed E-state index contributed by atoms with van der Waals surface area (Å²) in [5.74, 6) is 0.183. The third-order valence-corrected chi connectivity index (χ3v) is 6.83. The lowest BCUT2D eigenvalue weighted by Gasteiger charge is -2.49. The van der Waals surface area contributed by atoms with Gasteiger partial charge in [-0.2, -0.15) is 0 Å². The van der Waals surface area contributed by atoms with Crippen molar-refractivity contribution in [1.82, 2.24) is 15.1 Å². The van der Waals surface area contributed by atoms with E-state index in [1.807, 2.05) is 11.0 Å². The minimum Gasteiger partial charge on any atom is -0.365 e. The van der Waals surface area contributed by atoms with E-state index in [1.54, 1.807) is 12.1 Å². The number of anilines is 1. The van der Waals surface area contributed by atoms with Crippen LogP contribution in [0.3, 0.4) is 0 Å². The van der Waals surface area contributed by atoms with Crippen molar-refractivity contribution in [2.45, 2.75) is 39.2 Å². The van der Waals surface area contributed by atoms with Crippen LogP contribution in [-0.2, 0) is 16.0 Å². The summed E-state index contributed by atoms with van der Waals surface area (Å²) in [6, 6.07) is 4.90. The van der Waals surface area contributed by atoms with Crippen LogP contribution in [0.15, 0.2) is 18.2 Å². The summed E-state index contributed by atoms with van der Waals surface area (Å²) in [4.78, 5) is 43.1. The van der Waals surface area contributed by atoms with E-state index in [0.29, 0.717) is 38.5 Å². The van der Waals surface area contributed by atoms with Crippen LogP contribution in [0.5, 0.6) is 0 Å². The van der Waals surface area contributed by atoms with Gasteiger partial charge < -0.3 is 15.1 Å². The highest BCUT2D eigenvalue weighted by molar-refractivity contribution is 5.82. The maximum absolute atomic E-state index is 13.2. The molecule has 3 aliphatic rings. The van der Waals surface area contributed by atoms with Crippen molar-refractivity contribution in [2.75, 3.05) is 50.7 Å². The number of nitrogens with one attached hydrogen (secondary N) is 1. The Labute approximate surface area is 188 Å². The Hall–Kier alpha value is -2.68. The molecule has 1 N–H and O–H groups in total. The van der Waals surface area contributed by atoms with Crippen LogP contribution in [0.25, 0.3) is 0 Å². The molecule has 1 aromatic rings. The fourth-order valence-electron chi connectivity index (χ4n) is 5.12. The van der Waals surface area contributed by atoms with E-state index < -0.39 is 0 Å². The number of benzene rings is 1. The summed E-state index contributed by atoms with van der Waals surface area (Å²) >= 11 is 0. The molecular weight excluding hydrogens is 410 g/mol. The molecule has 0 aromatic heterocycles. The van der Waals surface area contributed by atoms with E-state index in [4.69, 9.17) is 0 Å². The van der Waals surface area contributed by atoms with Crippen LogP contribution in [0.1, 0.15) is 32.3 Å². The standard InChI is InChI=1S/C23H33N5O4/c1-16(2)13-24-23(30)19-12-17-11-18(28(31)32)5-6-20(17)27-10-9-25(14-21(19)27)15-22(29)26-7-3-4-8-26/h5-6,11,16,19,21H,3-4,7-10,12-15H2,1-2H3,(H,24,30)/t19-,21+/m0/s1. The van der Waals surface area contributed by atoms with E-state index >= 15 is 0 Å². The van der Waals surface area contributed by atoms with Crippen molar-refractivity contribution < 1.29 is 14.5 Å². The average molecular weight is 444 g/mol. The van der Waals surface area contributed by atoms with Gasteiger partial charge in [-0.05, 0) is 36.8 Å². The highest BCUT2D eigenvalue weighted by Gasteiger charge is 2.42. The number of piperazine rings is 1. The van der Waals surface area contributed by atoms with Gasteiger partial charge in [0.2, 0.25) is 11.8 Å². The van der Waals surface area contributed by atoms with Crippen LogP contribution in [0, 0.1) is 22.0 Å². The smallest absolute Gasteiger partial charge is 0.269 e. The third-order valence-electron chi connectivity index (χ3n) is 6.83. The predicted molar refractivity (Wildman–Crippen MR) is 122 cm³/mol. The number of hydrogen-bond acceptors (Lipinski definition) is 6. The molecule has 3 aliphatic heterocycles. The molecule has 4 rings (SSSR count). The molecule has 2 saturated heterocycles. The topological polar surface area (TPSA) is 99.0 Å². The number of carbonyl (C=O) groups is 2. The van der Waals surface area contributed by atoms with E-state index in [9.17, 15) is 19.7 Å². The molecule has 2 atom stereocenters. The molecule has 9 heteroatoms. The molecule has 0 bridgehead atoms. The number of likely N-dealkylation sites (tertiary alicyclic amines) is 1. The number of carbonyl (C=O) groups excluding carboxylic acids is 2. The Morgan fingerprint density at radius 1 is 1.19 bits per heavy atom. The van der Waals surface area contributed by atoms with E-state index in [-0.39, 0.29) is 34.4 Å². The number of amides is 2. The Morgan fingerprint density at radius 2 is 1.94 bits per heavy atom. The molecule has 174 valence electrons. The van der Waals surface area contributed by atoms with Gasteiger partial charge in [0.25, 0.3) is 5.69 Å². The SMILES string of the molecule is CC(C)CNC(=O)[C@H]1Cc2cc([N+](=O)[O-])ccc2N2CCN(CC(=O)N3CCCC3)C[C@H]12. The first-order valence-electron chi connectivity index (χ1n) is 11.6. The first kappa shape index (κ1) is 22.5. The van der Waals surface area contributed by atoms with Crippen molar-refractivity contribution in [3.05, 3.63) is 33.9 Å². The van der Waals surface area contributed by atoms with Gasteiger partial charge in [0.05, 0.1) is 23.4 Å². The average Bonchev–Trinajstić information content (AvgIpc) is 3.31. The maximum atomic E-state index is 13.2. The summed E-state index contributed by atoms with van der Waals surface area (Å²) in [7, 11) is 0. The van der Waals surface area contributed by atoms with E-state index in [2.05, 4.69) is 29.0 Å². The van der Waals surface area contributed by atoms with Crippen LogP contribution in [0.2, 0.25) is 0 Å². The monoisotopic (exact) mass is 443 g/mol. The number of hydrogen-bond donors (Lipinski definition) is 1. The lowest BCUT2D eigenvalue weighted by Crippen LogP contribution is -2.62. The van der Waals surface area contributed by atoms with Gasteiger partial charge in [-0.1, -0.05) is 13.8 Å². The van der Waals surface area contributed by atoms with Crippen molar-refractivity contribution in [3.63, 3.8) is 0 Å². The maximum Gasteiger partial charge on any atom is 0.269 e. The molecule has 9 nitrogen and oxygen atoms in total. The highest BCUT2D eigenvalue weighted by atomic mass is 16.6. The van der Waals surface area contributed by atoms with Gasteiger partial charge in [0, 0.05) is 57.1 Å². The molecule has 0 radical (unpaired) electrons. The zero-order valence-electron chi connectivity index (χ0n) is 19.0. The van der Waals surface area contributed by atoms with Crippen LogP contribution in [0.4, 0.5) is 11.4 Å². The summed E-state index contributed by atoms with van der Waals surface area (Å²) in [5.41, 5.74) is 1.87. The lowest BCUT2D eigenvalue weighted by molar-refractivity contribution is -0.384. The van der Waals surface area contributed by atoms with Gasteiger partial charge in [-0.25, -0.2) is 0 Å². The van der Waals surface area contributed by atoms with Crippen LogP contribution < -0.4 is 10.2 Å². The van der Waals surface area contributed by atoms with Gasteiger partial charge in [0.15, 0.2) is 0 Å². The first-order valence-corrected chi connectivity index (χ1v) is 11.6. The Kier molecular flexibility index (Phi) is 6.64. The number of fused-ring (bicyclic) bond motifs is 3. The molecule has 32 heavy (non-hydrogen) atoms. The van der Waals surface area contributed by atoms with E-state index in [0.717, 1.165) is 43.7 Å². The molecular formula is C23H33N5O4. The molecule has 0 saturated carbocycles. The van der Waals surface area contributed by atoms with Crippen molar-refractivity contribution in [3.8, 4) is 0 Å². The molecule has 2 fully saturated rings. The molecule has 2 amide bonds. The van der Waals surface area contributed by atoms with Gasteiger partial charge >= 0.3 is 0 Å². The predicted octanol–water partition coefficient (Wildman–Crippen LogP) is 1.65. The van der Waals surface area contributed by atoms with E-state index in [1.165, 1.54) is 0 Å². The molecule has 0 unspecified atom stereocenters. The summed E-state index contributed by atoms with van der Waals surface area (Å²) < 4.78 is 0. The number of nitrogens with zero attached hydrogens (tertiary/aromatic N) is 4. The number of nitro groups is 1. The second-order valence-electron chi connectivity index (χ2n) is 9.60. The molecule has 1 aromatic carbocycles. The zero-order chi connectivity index (χ0) is 22.8. The summed E-state index contributed by atoms with van der Waals surface area (Å²) in [5, 5.41) is 14.3. The molecule has 3 heterocycles. The summed E-state index contributed by atoms with van der Waals surface area (Å²) in [6.07, 6.45) is 2.61. The van der Waals surface area contributed by atoms with Gasteiger partial charge in [0.1, 0.15) is 0 Å². The second kappa shape index (κ2) is 9.44. The minimum atomic E-state index is -0.387. The Morgan fingerprint density at radius 3 is 2.62 bits per heavy atom. The van der Waals surface area contributed by atoms with Gasteiger partial charge in [-0.15, -0.1) is 0 Å². The lowest BCUT2D eigenvalue weighted by atomic mass is 9.83. The quantitative estimate of drug-likeness (QED) is 0.530. The van der Waals surface area contributed by atoms with Crippen LogP contribution >= 0.6 is 0 Å². The fourth-order valence-corrected chi connectivity index (χ4v) is 5.12. The number of rotatable bonds is 6. The van der Waals surface area contributed by atoms with Crippen LogP contribution in [-0.4, -0.2) is 78.4 Å². The number of non-ortho nitro benzene ring substituents is 1. The fraction of sp³-hybridized carbons (Fsp3) is 0.652. The first-order chi connectivity index (χ1) is 15.3. The highest BCUT2D eigenvalue weighted by Crippen LogP contribution is 2.38. The normalized spacial score (nSPS) is 23.1. The number of nitro benzene ring substituents is 1. The third kappa shape index (κ3) is 4.72. The molecule has 0 spiro atoms. The van der Waals surface area contributed by atoms with Crippen molar-refractivity contribution >= 4 is 23.2 Å². The van der Waals surface area contributed by atoms with Gasteiger partial charge in [-0.3, -0.25) is 24.6 Å². The second-order valence-corrected chi connectivity index (χ2v) is 9.60. The zero-order valence-corrected chi connectivity index (χ0v) is 19.0. The minimum absolute atomic E-state index is 0.0152.